The number of nitrogens with zero attached hydrogens (tertiary/aromatic N) is 2. The van der Waals surface area contributed by atoms with Crippen molar-refractivity contribution in [2.24, 2.45) is 5.10 Å². The van der Waals surface area contributed by atoms with E-state index < -0.39 is 4.92 Å². The zero-order chi connectivity index (χ0) is 24.0. The summed E-state index contributed by atoms with van der Waals surface area (Å²) in [7, 11) is 1.55. The SMILES string of the molecule is COc1cc(C(=O)N/N=C\c2cc(Br)c(OCc3ccc([N+](=O)[O-])cc3)c(I)c2)ccc1I. The van der Waals surface area contributed by atoms with Crippen LogP contribution in [0.15, 0.2) is 64.2 Å². The molecule has 8 nitrogen and oxygen atoms in total. The number of methoxy groups -OCH3 is 1. The highest BCUT2D eigenvalue weighted by atomic mass is 127. The van der Waals surface area contributed by atoms with Crippen LogP contribution < -0.4 is 14.9 Å². The molecule has 1 amide bonds. The Labute approximate surface area is 225 Å². The molecule has 170 valence electrons. The van der Waals surface area contributed by atoms with Crippen LogP contribution in [0.3, 0.4) is 0 Å². The number of amides is 1. The number of hydrogen-bond acceptors (Lipinski definition) is 6. The lowest BCUT2D eigenvalue weighted by Crippen LogP contribution is -2.17. The van der Waals surface area contributed by atoms with Crippen LogP contribution in [0.25, 0.3) is 0 Å². The van der Waals surface area contributed by atoms with Crippen molar-refractivity contribution in [1.82, 2.24) is 5.43 Å². The van der Waals surface area contributed by atoms with Crippen molar-refractivity contribution in [3.8, 4) is 11.5 Å². The van der Waals surface area contributed by atoms with Gasteiger partial charge in [0.25, 0.3) is 11.6 Å². The monoisotopic (exact) mass is 735 g/mol. The first-order chi connectivity index (χ1) is 15.8. The van der Waals surface area contributed by atoms with Crippen molar-refractivity contribution in [2.45, 2.75) is 6.61 Å². The summed E-state index contributed by atoms with van der Waals surface area (Å²) < 4.78 is 13.6. The van der Waals surface area contributed by atoms with Gasteiger partial charge in [0.1, 0.15) is 18.1 Å². The van der Waals surface area contributed by atoms with Crippen LogP contribution in [0.2, 0.25) is 0 Å². The quantitative estimate of drug-likeness (QED) is 0.134. The van der Waals surface area contributed by atoms with Crippen molar-refractivity contribution in [3.63, 3.8) is 0 Å². The number of carbonyl (C=O) groups excluding carboxylic acids is 1. The fraction of sp³-hybridized carbons (Fsp3) is 0.0909. The molecule has 0 aliphatic heterocycles. The lowest BCUT2D eigenvalue weighted by molar-refractivity contribution is -0.384. The molecule has 3 aromatic carbocycles. The van der Waals surface area contributed by atoms with Crippen LogP contribution in [0, 0.1) is 17.3 Å². The summed E-state index contributed by atoms with van der Waals surface area (Å²) in [4.78, 5) is 22.7. The number of ether oxygens (including phenoxy) is 2. The second-order valence-corrected chi connectivity index (χ2v) is 9.75. The number of carbonyl (C=O) groups is 1. The summed E-state index contributed by atoms with van der Waals surface area (Å²) in [6, 6.07) is 15.0. The standard InChI is InChI=1S/C22H16BrI2N3O5/c1-32-20-10-15(4-7-18(20)24)22(29)27-26-11-14-8-17(23)21(19(25)9-14)33-12-13-2-5-16(6-3-13)28(30)31/h2-11H,12H2,1H3,(H,27,29)/b26-11-. The molecule has 0 unspecified atom stereocenters. The Hall–Kier alpha value is -2.26. The molecular formula is C22H16BrI2N3O5. The van der Waals surface area contributed by atoms with E-state index in [1.807, 2.05) is 12.1 Å². The van der Waals surface area contributed by atoms with Gasteiger partial charge in [-0.1, -0.05) is 0 Å². The summed E-state index contributed by atoms with van der Waals surface area (Å²) in [6.07, 6.45) is 1.54. The molecule has 0 aromatic heterocycles. The van der Waals surface area contributed by atoms with E-state index in [2.05, 4.69) is 71.6 Å². The Morgan fingerprint density at radius 1 is 1.15 bits per heavy atom. The van der Waals surface area contributed by atoms with Crippen molar-refractivity contribution in [2.75, 3.05) is 7.11 Å². The van der Waals surface area contributed by atoms with Gasteiger partial charge in [-0.15, -0.1) is 0 Å². The zero-order valence-electron chi connectivity index (χ0n) is 17.1. The number of non-ortho nitro benzene ring substituents is 1. The molecule has 0 fully saturated rings. The highest BCUT2D eigenvalue weighted by Crippen LogP contribution is 2.32. The number of halogens is 3. The van der Waals surface area contributed by atoms with Gasteiger partial charge >= 0.3 is 0 Å². The van der Waals surface area contributed by atoms with E-state index in [1.54, 1.807) is 37.4 Å². The maximum Gasteiger partial charge on any atom is 0.271 e. The predicted molar refractivity (Wildman–Crippen MR) is 145 cm³/mol. The van der Waals surface area contributed by atoms with Crippen molar-refractivity contribution in [1.29, 1.82) is 0 Å². The fourth-order valence-corrected chi connectivity index (χ4v) is 5.02. The lowest BCUT2D eigenvalue weighted by atomic mass is 10.2. The summed E-state index contributed by atoms with van der Waals surface area (Å²) >= 11 is 7.78. The lowest BCUT2D eigenvalue weighted by Gasteiger charge is -2.11. The molecule has 0 saturated carbocycles. The average Bonchev–Trinajstić information content (AvgIpc) is 2.79. The molecule has 3 rings (SSSR count). The van der Waals surface area contributed by atoms with Crippen LogP contribution in [-0.4, -0.2) is 24.2 Å². The Morgan fingerprint density at radius 3 is 2.52 bits per heavy atom. The molecule has 33 heavy (non-hydrogen) atoms. The summed E-state index contributed by atoms with van der Waals surface area (Å²) in [6.45, 7) is 0.259. The molecule has 0 aliphatic carbocycles. The molecule has 3 aromatic rings. The van der Waals surface area contributed by atoms with Gasteiger partial charge in [-0.05, 0) is 115 Å². The number of hydrazone groups is 1. The number of benzene rings is 3. The Morgan fingerprint density at radius 2 is 1.88 bits per heavy atom. The second-order valence-electron chi connectivity index (χ2n) is 6.57. The third kappa shape index (κ3) is 6.86. The first-order valence-corrected chi connectivity index (χ1v) is 12.3. The van der Waals surface area contributed by atoms with Crippen LogP contribution in [0.5, 0.6) is 11.5 Å². The first-order valence-electron chi connectivity index (χ1n) is 9.30. The van der Waals surface area contributed by atoms with Gasteiger partial charge in [-0.25, -0.2) is 5.43 Å². The third-order valence-electron chi connectivity index (χ3n) is 4.34. The number of nitrogens with one attached hydrogen (secondary N) is 1. The largest absolute Gasteiger partial charge is 0.496 e. The van der Waals surface area contributed by atoms with Crippen molar-refractivity contribution >= 4 is 78.9 Å². The summed E-state index contributed by atoms with van der Waals surface area (Å²) in [5.41, 5.74) is 4.55. The summed E-state index contributed by atoms with van der Waals surface area (Å²) in [5.74, 6) is 0.911. The van der Waals surface area contributed by atoms with Gasteiger partial charge < -0.3 is 9.47 Å². The number of rotatable bonds is 8. The molecule has 0 radical (unpaired) electrons. The van der Waals surface area contributed by atoms with Crippen LogP contribution in [0.4, 0.5) is 5.69 Å². The van der Waals surface area contributed by atoms with Crippen LogP contribution in [0.1, 0.15) is 21.5 Å². The Bertz CT molecular complexity index is 1200. The van der Waals surface area contributed by atoms with Gasteiger partial charge in [0.2, 0.25) is 0 Å². The first kappa shape index (κ1) is 25.4. The maximum atomic E-state index is 12.3. The van der Waals surface area contributed by atoms with E-state index in [9.17, 15) is 14.9 Å². The fourth-order valence-electron chi connectivity index (χ4n) is 2.69. The van der Waals surface area contributed by atoms with Crippen molar-refractivity contribution < 1.29 is 19.2 Å². The van der Waals surface area contributed by atoms with Gasteiger partial charge in [-0.3, -0.25) is 14.9 Å². The van der Waals surface area contributed by atoms with Crippen molar-refractivity contribution in [3.05, 3.63) is 93.0 Å². The van der Waals surface area contributed by atoms with Crippen LogP contribution >= 0.6 is 61.1 Å². The van der Waals surface area contributed by atoms with E-state index in [1.165, 1.54) is 18.3 Å². The molecule has 0 atom stereocenters. The predicted octanol–water partition coefficient (Wildman–Crippen LogP) is 5.92. The average molecular weight is 736 g/mol. The summed E-state index contributed by atoms with van der Waals surface area (Å²) in [5, 5.41) is 14.8. The molecule has 0 saturated heterocycles. The second kappa shape index (κ2) is 11.7. The molecule has 11 heteroatoms. The third-order valence-corrected chi connectivity index (χ3v) is 6.63. The number of nitro benzene ring substituents is 1. The van der Waals surface area contributed by atoms with Gasteiger partial charge in [0, 0.05) is 17.7 Å². The minimum absolute atomic E-state index is 0.0337. The van der Waals surface area contributed by atoms with E-state index in [-0.39, 0.29) is 18.2 Å². The number of nitro groups is 1. The van der Waals surface area contributed by atoms with E-state index in [0.717, 1.165) is 18.3 Å². The zero-order valence-corrected chi connectivity index (χ0v) is 23.0. The molecule has 0 aliphatic rings. The molecule has 0 bridgehead atoms. The van der Waals surface area contributed by atoms with E-state index >= 15 is 0 Å². The molecule has 0 spiro atoms. The van der Waals surface area contributed by atoms with Gasteiger partial charge in [-0.2, -0.15) is 5.10 Å². The minimum Gasteiger partial charge on any atom is -0.496 e. The topological polar surface area (TPSA) is 103 Å². The highest BCUT2D eigenvalue weighted by Gasteiger charge is 2.11. The molecular weight excluding hydrogens is 720 g/mol. The normalized spacial score (nSPS) is 10.8. The van der Waals surface area contributed by atoms with Gasteiger partial charge in [0.15, 0.2) is 0 Å². The highest BCUT2D eigenvalue weighted by molar-refractivity contribution is 14.1. The minimum atomic E-state index is -0.440. The van der Waals surface area contributed by atoms with E-state index in [4.69, 9.17) is 9.47 Å². The van der Waals surface area contributed by atoms with Crippen LogP contribution in [-0.2, 0) is 6.61 Å². The Kier molecular flexibility index (Phi) is 9.02. The smallest absolute Gasteiger partial charge is 0.271 e. The van der Waals surface area contributed by atoms with Gasteiger partial charge in [0.05, 0.1) is 29.9 Å². The molecule has 0 heterocycles. The maximum absolute atomic E-state index is 12.3. The van der Waals surface area contributed by atoms with E-state index in [0.29, 0.717) is 21.5 Å². The Balaban J connectivity index is 1.63. The molecule has 1 N–H and O–H groups in total. The number of hydrogen-bond donors (Lipinski definition) is 1.